The maximum Gasteiger partial charge on any atom is 0.119 e. The highest BCUT2D eigenvalue weighted by Crippen LogP contribution is 2.42. The molecule has 0 unspecified atom stereocenters. The SMILES string of the molecule is C.CCc1ccccc1C1=C(c2ccc(O[C@H]3CCN(CCCF)C3)cc2)c2ccc(O)cc2CCC1. The number of hydrogen-bond donors (Lipinski definition) is 1. The van der Waals surface area contributed by atoms with Crippen LogP contribution in [0.3, 0.4) is 0 Å². The molecule has 3 aromatic rings. The molecule has 0 bridgehead atoms. The topological polar surface area (TPSA) is 32.7 Å². The van der Waals surface area contributed by atoms with E-state index in [0.29, 0.717) is 12.2 Å². The van der Waals surface area contributed by atoms with Crippen LogP contribution in [0.2, 0.25) is 0 Å². The summed E-state index contributed by atoms with van der Waals surface area (Å²) in [5.74, 6) is 1.21. The molecule has 37 heavy (non-hydrogen) atoms. The van der Waals surface area contributed by atoms with Gasteiger partial charge in [0.2, 0.25) is 0 Å². The van der Waals surface area contributed by atoms with Crippen molar-refractivity contribution in [3.05, 3.63) is 94.5 Å². The summed E-state index contributed by atoms with van der Waals surface area (Å²) in [5.41, 5.74) is 8.92. The average molecular weight is 502 g/mol. The van der Waals surface area contributed by atoms with Crippen LogP contribution in [0, 0.1) is 0 Å². The number of nitrogens with zero attached hydrogens (tertiary/aromatic N) is 1. The Bertz CT molecular complexity index is 1220. The van der Waals surface area contributed by atoms with Gasteiger partial charge in [-0.15, -0.1) is 0 Å². The van der Waals surface area contributed by atoms with E-state index < -0.39 is 0 Å². The minimum atomic E-state index is -0.257. The van der Waals surface area contributed by atoms with Crippen molar-refractivity contribution in [3.8, 4) is 11.5 Å². The normalized spacial score (nSPS) is 17.7. The third-order valence-corrected chi connectivity index (χ3v) is 7.54. The Morgan fingerprint density at radius 3 is 2.59 bits per heavy atom. The van der Waals surface area contributed by atoms with Crippen molar-refractivity contribution in [1.29, 1.82) is 0 Å². The van der Waals surface area contributed by atoms with Gasteiger partial charge in [-0.25, -0.2) is 0 Å². The molecule has 2 aliphatic rings. The maximum absolute atomic E-state index is 12.5. The van der Waals surface area contributed by atoms with Gasteiger partial charge in [-0.3, -0.25) is 9.29 Å². The zero-order chi connectivity index (χ0) is 24.9. The molecular formula is C33H40FNO2. The zero-order valence-electron chi connectivity index (χ0n) is 21.2. The number of phenolic OH excluding ortho intramolecular Hbond substituents is 1. The number of fused-ring (bicyclic) bond motifs is 1. The summed E-state index contributed by atoms with van der Waals surface area (Å²) in [4.78, 5) is 2.29. The van der Waals surface area contributed by atoms with E-state index in [1.165, 1.54) is 39.0 Å². The lowest BCUT2D eigenvalue weighted by atomic mass is 9.86. The van der Waals surface area contributed by atoms with Gasteiger partial charge < -0.3 is 9.84 Å². The van der Waals surface area contributed by atoms with Crippen LogP contribution >= 0.6 is 0 Å². The number of rotatable bonds is 8. The Morgan fingerprint density at radius 1 is 1.00 bits per heavy atom. The van der Waals surface area contributed by atoms with Crippen LogP contribution in [0.1, 0.15) is 67.9 Å². The number of ether oxygens (including phenoxy) is 1. The highest BCUT2D eigenvalue weighted by Gasteiger charge is 2.24. The van der Waals surface area contributed by atoms with Gasteiger partial charge in [0.1, 0.15) is 17.6 Å². The molecule has 0 aromatic heterocycles. The Morgan fingerprint density at radius 2 is 1.81 bits per heavy atom. The van der Waals surface area contributed by atoms with Crippen molar-refractivity contribution in [2.45, 2.75) is 59.0 Å². The predicted molar refractivity (Wildman–Crippen MR) is 152 cm³/mol. The average Bonchev–Trinajstić information content (AvgIpc) is 3.26. The molecule has 5 rings (SSSR count). The summed E-state index contributed by atoms with van der Waals surface area (Å²) in [5, 5.41) is 10.2. The van der Waals surface area contributed by atoms with E-state index in [9.17, 15) is 9.50 Å². The number of halogens is 1. The second-order valence-electron chi connectivity index (χ2n) is 9.96. The maximum atomic E-state index is 12.5. The first-order chi connectivity index (χ1) is 17.7. The highest BCUT2D eigenvalue weighted by atomic mass is 19.1. The molecule has 1 aliphatic heterocycles. The van der Waals surface area contributed by atoms with Crippen molar-refractivity contribution >= 4 is 11.1 Å². The van der Waals surface area contributed by atoms with Crippen LogP contribution < -0.4 is 4.74 Å². The van der Waals surface area contributed by atoms with Crippen LogP contribution in [0.5, 0.6) is 11.5 Å². The number of alkyl halides is 1. The Labute approximate surface area is 221 Å². The van der Waals surface area contributed by atoms with Crippen molar-refractivity contribution in [1.82, 2.24) is 4.90 Å². The number of allylic oxidation sites excluding steroid dienone is 1. The molecule has 0 saturated carbocycles. The van der Waals surface area contributed by atoms with E-state index in [1.54, 1.807) is 6.07 Å². The first kappa shape index (κ1) is 26.9. The van der Waals surface area contributed by atoms with Gasteiger partial charge in [-0.05, 0) is 102 Å². The fourth-order valence-corrected chi connectivity index (χ4v) is 5.77. The van der Waals surface area contributed by atoms with Gasteiger partial charge in [0, 0.05) is 19.6 Å². The van der Waals surface area contributed by atoms with E-state index >= 15 is 0 Å². The highest BCUT2D eigenvalue weighted by molar-refractivity contribution is 6.00. The molecule has 196 valence electrons. The lowest BCUT2D eigenvalue weighted by Gasteiger charge is -2.20. The molecule has 0 amide bonds. The summed E-state index contributed by atoms with van der Waals surface area (Å²) in [7, 11) is 0. The van der Waals surface area contributed by atoms with E-state index in [4.69, 9.17) is 4.74 Å². The van der Waals surface area contributed by atoms with Gasteiger partial charge in [0.05, 0.1) is 6.67 Å². The zero-order valence-corrected chi connectivity index (χ0v) is 21.2. The third kappa shape index (κ3) is 6.07. The van der Waals surface area contributed by atoms with Crippen LogP contribution in [-0.2, 0) is 12.8 Å². The quantitative estimate of drug-likeness (QED) is 0.343. The van der Waals surface area contributed by atoms with Gasteiger partial charge in [0.25, 0.3) is 0 Å². The fraction of sp³-hybridized carbons (Fsp3) is 0.394. The summed E-state index contributed by atoms with van der Waals surface area (Å²) in [6, 6.07) is 23.1. The van der Waals surface area contributed by atoms with Gasteiger partial charge in [-0.1, -0.05) is 56.8 Å². The van der Waals surface area contributed by atoms with Crippen LogP contribution in [0.25, 0.3) is 11.1 Å². The second-order valence-corrected chi connectivity index (χ2v) is 9.96. The monoisotopic (exact) mass is 501 g/mol. The molecule has 1 fully saturated rings. The Hall–Kier alpha value is -3.11. The number of aryl methyl sites for hydroxylation is 2. The number of hydrogen-bond acceptors (Lipinski definition) is 3. The smallest absolute Gasteiger partial charge is 0.119 e. The van der Waals surface area contributed by atoms with E-state index in [0.717, 1.165) is 57.5 Å². The number of benzene rings is 3. The van der Waals surface area contributed by atoms with Gasteiger partial charge in [0.15, 0.2) is 0 Å². The second kappa shape index (κ2) is 12.4. The first-order valence-electron chi connectivity index (χ1n) is 13.4. The number of phenols is 1. The summed E-state index contributed by atoms with van der Waals surface area (Å²) < 4.78 is 18.8. The Balaban J connectivity index is 0.00000320. The molecule has 3 nitrogen and oxygen atoms in total. The summed E-state index contributed by atoms with van der Waals surface area (Å²) >= 11 is 0. The van der Waals surface area contributed by atoms with Crippen molar-refractivity contribution in [3.63, 3.8) is 0 Å². The molecule has 1 atom stereocenters. The molecule has 1 N–H and O–H groups in total. The first-order valence-corrected chi connectivity index (χ1v) is 13.4. The standard InChI is InChI=1S/C32H36FNO2.CH4/c1-2-23-7-3-4-9-29(23)31-10-5-8-25-21-26(35)13-16-30(25)32(31)24-11-14-27(15-12-24)36-28-17-20-34(22-28)19-6-18-33;/h3-4,7,9,11-16,21,28,35H,2,5-6,8,10,17-20,22H2,1H3;1H4/t28-;/m0./s1. The molecular weight excluding hydrogens is 461 g/mol. The lowest BCUT2D eigenvalue weighted by Crippen LogP contribution is -2.26. The molecule has 3 aromatic carbocycles. The third-order valence-electron chi connectivity index (χ3n) is 7.54. The molecule has 0 radical (unpaired) electrons. The van der Waals surface area contributed by atoms with Crippen molar-refractivity contribution in [2.75, 3.05) is 26.3 Å². The minimum absolute atomic E-state index is 0. The van der Waals surface area contributed by atoms with Crippen LogP contribution in [0.15, 0.2) is 66.7 Å². The molecule has 1 aliphatic carbocycles. The van der Waals surface area contributed by atoms with E-state index in [2.05, 4.69) is 66.4 Å². The predicted octanol–water partition coefficient (Wildman–Crippen LogP) is 7.70. The van der Waals surface area contributed by atoms with Gasteiger partial charge >= 0.3 is 0 Å². The Kier molecular flexibility index (Phi) is 9.04. The largest absolute Gasteiger partial charge is 0.508 e. The number of aromatic hydroxyl groups is 1. The van der Waals surface area contributed by atoms with Crippen molar-refractivity contribution in [2.24, 2.45) is 0 Å². The van der Waals surface area contributed by atoms with Gasteiger partial charge in [-0.2, -0.15) is 0 Å². The van der Waals surface area contributed by atoms with Crippen molar-refractivity contribution < 1.29 is 14.2 Å². The fourth-order valence-electron chi connectivity index (χ4n) is 5.77. The van der Waals surface area contributed by atoms with E-state index in [1.807, 2.05) is 6.07 Å². The summed E-state index contributed by atoms with van der Waals surface area (Å²) in [6.07, 6.45) is 5.72. The molecule has 4 heteroatoms. The molecule has 0 spiro atoms. The van der Waals surface area contributed by atoms with E-state index in [-0.39, 0.29) is 20.2 Å². The van der Waals surface area contributed by atoms with Crippen LogP contribution in [-0.4, -0.2) is 42.4 Å². The molecule has 1 saturated heterocycles. The molecule has 1 heterocycles. The van der Waals surface area contributed by atoms with Crippen LogP contribution in [0.4, 0.5) is 4.39 Å². The summed E-state index contributed by atoms with van der Waals surface area (Å²) in [6.45, 7) is 4.60. The lowest BCUT2D eigenvalue weighted by molar-refractivity contribution is 0.198. The minimum Gasteiger partial charge on any atom is -0.508 e. The number of likely N-dealkylation sites (tertiary alicyclic amines) is 1.